The Morgan fingerprint density at radius 2 is 2.08 bits per heavy atom. The van der Waals surface area contributed by atoms with Gasteiger partial charge in [0.15, 0.2) is 5.78 Å². The molecule has 0 aromatic heterocycles. The highest BCUT2D eigenvalue weighted by molar-refractivity contribution is 6.30. The van der Waals surface area contributed by atoms with Crippen LogP contribution < -0.4 is 5.32 Å². The number of rotatable bonds is 4. The van der Waals surface area contributed by atoms with Gasteiger partial charge < -0.3 is 15.2 Å². The van der Waals surface area contributed by atoms with E-state index in [-0.39, 0.29) is 17.6 Å². The van der Waals surface area contributed by atoms with Gasteiger partial charge in [-0.2, -0.15) is 0 Å². The average Bonchev–Trinajstić information content (AvgIpc) is 3.24. The number of hydrogen-bond acceptors (Lipinski definition) is 4. The van der Waals surface area contributed by atoms with Crippen LogP contribution in [-0.4, -0.2) is 60.8 Å². The van der Waals surface area contributed by atoms with E-state index in [1.165, 1.54) is 11.9 Å². The van der Waals surface area contributed by atoms with Crippen molar-refractivity contribution in [3.63, 3.8) is 0 Å². The maximum Gasteiger partial charge on any atom is 0.407 e. The average molecular weight is 353 g/mol. The molecule has 3 rings (SSSR count). The van der Waals surface area contributed by atoms with Gasteiger partial charge in [-0.25, -0.2) is 4.79 Å². The monoisotopic (exact) mass is 352 g/mol. The predicted molar refractivity (Wildman–Crippen MR) is 89.5 cm³/mol. The molecule has 0 saturated carbocycles. The first kappa shape index (κ1) is 17.2. The number of ether oxygens (including phenoxy) is 1. The molecule has 6 nitrogen and oxygen atoms in total. The minimum absolute atomic E-state index is 0.0603. The van der Waals surface area contributed by atoms with Gasteiger partial charge in [0.1, 0.15) is 5.54 Å². The lowest BCUT2D eigenvalue weighted by Gasteiger charge is -2.41. The maximum atomic E-state index is 13.3. The second kappa shape index (κ2) is 6.70. The minimum Gasteiger partial charge on any atom is -0.465 e. The van der Waals surface area contributed by atoms with Crippen LogP contribution in [0.2, 0.25) is 5.02 Å². The third kappa shape index (κ3) is 2.79. The summed E-state index contributed by atoms with van der Waals surface area (Å²) < 4.78 is 5.36. The zero-order valence-electron chi connectivity index (χ0n) is 13.5. The number of nitrogens with one attached hydrogen (secondary N) is 1. The normalized spacial score (nSPS) is 29.6. The van der Waals surface area contributed by atoms with Gasteiger partial charge in [-0.1, -0.05) is 23.7 Å². The van der Waals surface area contributed by atoms with Gasteiger partial charge in [-0.3, -0.25) is 9.69 Å². The van der Waals surface area contributed by atoms with Crippen molar-refractivity contribution in [3.8, 4) is 0 Å². The number of hydrogen-bond donors (Lipinski definition) is 2. The minimum atomic E-state index is -1.13. The lowest BCUT2D eigenvalue weighted by molar-refractivity contribution is -0.133. The fourth-order valence-electron chi connectivity index (χ4n) is 3.83. The number of benzene rings is 1. The summed E-state index contributed by atoms with van der Waals surface area (Å²) in [6.07, 6.45) is -0.466. The molecule has 0 radical (unpaired) electrons. The van der Waals surface area contributed by atoms with Crippen molar-refractivity contribution in [2.24, 2.45) is 5.92 Å². The molecule has 2 N–H and O–H groups in total. The second-order valence-electron chi connectivity index (χ2n) is 6.43. The fraction of sp³-hybridized carbons (Fsp3) is 0.529. The van der Waals surface area contributed by atoms with E-state index in [0.717, 1.165) is 5.56 Å². The Morgan fingerprint density at radius 3 is 2.67 bits per heavy atom. The van der Waals surface area contributed by atoms with Crippen molar-refractivity contribution in [2.75, 3.05) is 33.4 Å². The van der Waals surface area contributed by atoms with E-state index in [1.54, 1.807) is 12.1 Å². The number of halogens is 1. The molecule has 2 saturated heterocycles. The van der Waals surface area contributed by atoms with Crippen molar-refractivity contribution in [1.82, 2.24) is 10.2 Å². The molecule has 0 spiro atoms. The fourth-order valence-corrected chi connectivity index (χ4v) is 3.96. The van der Waals surface area contributed by atoms with Crippen LogP contribution in [0.1, 0.15) is 17.9 Å². The van der Waals surface area contributed by atoms with E-state index < -0.39 is 11.6 Å². The number of ketones is 1. The quantitative estimate of drug-likeness (QED) is 0.866. The van der Waals surface area contributed by atoms with Crippen molar-refractivity contribution < 1.29 is 19.4 Å². The summed E-state index contributed by atoms with van der Waals surface area (Å²) in [6, 6.07) is 7.26. The molecular formula is C17H21ClN2O4. The Kier molecular flexibility index (Phi) is 4.80. The zero-order valence-corrected chi connectivity index (χ0v) is 14.3. The Hall–Kier alpha value is -1.63. The van der Waals surface area contributed by atoms with Crippen LogP contribution in [0.3, 0.4) is 0 Å². The van der Waals surface area contributed by atoms with Crippen LogP contribution in [0.4, 0.5) is 4.79 Å². The topological polar surface area (TPSA) is 78.9 Å². The molecule has 2 aliphatic heterocycles. The number of likely N-dealkylation sites (N-methyl/N-ethyl adjacent to an activating group) is 1. The van der Waals surface area contributed by atoms with E-state index in [1.807, 2.05) is 12.1 Å². The van der Waals surface area contributed by atoms with E-state index >= 15 is 0 Å². The van der Waals surface area contributed by atoms with Gasteiger partial charge in [0, 0.05) is 43.6 Å². The van der Waals surface area contributed by atoms with E-state index in [0.29, 0.717) is 37.7 Å². The molecule has 3 atom stereocenters. The van der Waals surface area contributed by atoms with Gasteiger partial charge in [-0.15, -0.1) is 0 Å². The molecule has 24 heavy (non-hydrogen) atoms. The standard InChI is InChI=1S/C17H21ClN2O4/c1-20(16(22)23)17(15(21)12-6-7-24-9-12)10-19-8-14(17)11-2-4-13(18)5-3-11/h2-5,12,14,19H,6-10H2,1H3,(H,22,23)/t12?,14-,17+/m0/s1. The molecule has 130 valence electrons. The lowest BCUT2D eigenvalue weighted by atomic mass is 9.74. The molecule has 2 heterocycles. The van der Waals surface area contributed by atoms with E-state index in [4.69, 9.17) is 16.3 Å². The highest BCUT2D eigenvalue weighted by atomic mass is 35.5. The highest BCUT2D eigenvalue weighted by Crippen LogP contribution is 2.40. The van der Waals surface area contributed by atoms with Crippen molar-refractivity contribution >= 4 is 23.5 Å². The number of carbonyl (C=O) groups is 2. The number of Topliss-reactive ketones (excluding diaryl/α,β-unsaturated/α-hetero) is 1. The third-order valence-electron chi connectivity index (χ3n) is 5.20. The molecule has 2 aliphatic rings. The number of carboxylic acid groups (broad SMARTS) is 1. The van der Waals surface area contributed by atoms with Gasteiger partial charge >= 0.3 is 6.09 Å². The molecular weight excluding hydrogens is 332 g/mol. The summed E-state index contributed by atoms with van der Waals surface area (Å²) in [5.41, 5.74) is -0.220. The SMILES string of the molecule is CN(C(=O)O)[C@]1(C(=O)C2CCOC2)CNC[C@H]1c1ccc(Cl)cc1. The Balaban J connectivity index is 2.03. The van der Waals surface area contributed by atoms with Crippen molar-refractivity contribution in [1.29, 1.82) is 0 Å². The van der Waals surface area contributed by atoms with Gasteiger partial charge in [0.05, 0.1) is 6.61 Å². The zero-order chi connectivity index (χ0) is 17.3. The van der Waals surface area contributed by atoms with Gasteiger partial charge in [0.2, 0.25) is 0 Å². The Bertz CT molecular complexity index is 630. The summed E-state index contributed by atoms with van der Waals surface area (Å²) in [5.74, 6) is -0.583. The molecule has 1 unspecified atom stereocenters. The predicted octanol–water partition coefficient (Wildman–Crippen LogP) is 1.98. The number of nitrogens with zero attached hydrogens (tertiary/aromatic N) is 1. The van der Waals surface area contributed by atoms with Crippen molar-refractivity contribution in [3.05, 3.63) is 34.9 Å². The summed E-state index contributed by atoms with van der Waals surface area (Å²) >= 11 is 5.96. The van der Waals surface area contributed by atoms with E-state index in [9.17, 15) is 14.7 Å². The molecule has 0 aliphatic carbocycles. The highest BCUT2D eigenvalue weighted by Gasteiger charge is 2.56. The van der Waals surface area contributed by atoms with Crippen LogP contribution >= 0.6 is 11.6 Å². The van der Waals surface area contributed by atoms with Crippen LogP contribution in [0.25, 0.3) is 0 Å². The molecule has 1 aromatic carbocycles. The molecule has 2 fully saturated rings. The first-order valence-corrected chi connectivity index (χ1v) is 8.39. The third-order valence-corrected chi connectivity index (χ3v) is 5.46. The lowest BCUT2D eigenvalue weighted by Crippen LogP contribution is -2.61. The Labute approximate surface area is 145 Å². The summed E-state index contributed by atoms with van der Waals surface area (Å²) in [4.78, 5) is 26.2. The number of amides is 1. The molecule has 0 bridgehead atoms. The largest absolute Gasteiger partial charge is 0.465 e. The van der Waals surface area contributed by atoms with Crippen LogP contribution in [0, 0.1) is 5.92 Å². The van der Waals surface area contributed by atoms with Gasteiger partial charge in [-0.05, 0) is 24.1 Å². The Morgan fingerprint density at radius 1 is 1.38 bits per heavy atom. The van der Waals surface area contributed by atoms with Gasteiger partial charge in [0.25, 0.3) is 0 Å². The first-order valence-electron chi connectivity index (χ1n) is 8.02. The first-order chi connectivity index (χ1) is 11.5. The molecule has 1 amide bonds. The second-order valence-corrected chi connectivity index (χ2v) is 6.86. The van der Waals surface area contributed by atoms with Crippen LogP contribution in [-0.2, 0) is 9.53 Å². The van der Waals surface area contributed by atoms with Crippen LogP contribution in [0.15, 0.2) is 24.3 Å². The molecule has 7 heteroatoms. The maximum absolute atomic E-state index is 13.3. The molecule has 1 aromatic rings. The van der Waals surface area contributed by atoms with E-state index in [2.05, 4.69) is 5.32 Å². The number of carbonyl (C=O) groups excluding carboxylic acids is 1. The van der Waals surface area contributed by atoms with Crippen LogP contribution in [0.5, 0.6) is 0 Å². The smallest absolute Gasteiger partial charge is 0.407 e. The van der Waals surface area contributed by atoms with Crippen molar-refractivity contribution in [2.45, 2.75) is 17.9 Å². The summed E-state index contributed by atoms with van der Waals surface area (Å²) in [7, 11) is 1.48. The summed E-state index contributed by atoms with van der Waals surface area (Å²) in [6.45, 7) is 1.75. The summed E-state index contributed by atoms with van der Waals surface area (Å²) in [5, 5.41) is 13.4.